The third kappa shape index (κ3) is 3.75. The summed E-state index contributed by atoms with van der Waals surface area (Å²) in [6.07, 6.45) is 9.24. The monoisotopic (exact) mass is 268 g/mol. The van der Waals surface area contributed by atoms with E-state index in [2.05, 4.69) is 12.0 Å². The van der Waals surface area contributed by atoms with Crippen molar-refractivity contribution in [2.75, 3.05) is 5.75 Å². The Labute approximate surface area is 114 Å². The van der Waals surface area contributed by atoms with Gasteiger partial charge >= 0.3 is 0 Å². The summed E-state index contributed by atoms with van der Waals surface area (Å²) in [5.74, 6) is 0.806. The van der Waals surface area contributed by atoms with Gasteiger partial charge in [-0.05, 0) is 25.3 Å². The molecule has 0 amide bonds. The Kier molecular flexibility index (Phi) is 5.57. The van der Waals surface area contributed by atoms with Crippen LogP contribution in [0.1, 0.15) is 57.2 Å². The second kappa shape index (κ2) is 7.19. The van der Waals surface area contributed by atoms with E-state index >= 15 is 0 Å². The Morgan fingerprint density at radius 3 is 2.94 bits per heavy atom. The molecule has 0 aromatic carbocycles. The van der Waals surface area contributed by atoms with Crippen LogP contribution in [0, 0.1) is 0 Å². The molecule has 1 aromatic heterocycles. The molecule has 1 aliphatic carbocycles. The van der Waals surface area contributed by atoms with E-state index < -0.39 is 0 Å². The molecule has 0 aliphatic heterocycles. The van der Waals surface area contributed by atoms with E-state index in [1.54, 1.807) is 6.20 Å². The van der Waals surface area contributed by atoms with E-state index in [9.17, 15) is 5.11 Å². The van der Waals surface area contributed by atoms with E-state index in [0.717, 1.165) is 29.7 Å². The lowest BCUT2D eigenvalue weighted by Crippen LogP contribution is -2.14. The lowest BCUT2D eigenvalue weighted by atomic mass is 10.0. The van der Waals surface area contributed by atoms with Gasteiger partial charge in [0.1, 0.15) is 6.10 Å². The van der Waals surface area contributed by atoms with Gasteiger partial charge in [0, 0.05) is 23.7 Å². The van der Waals surface area contributed by atoms with Crippen molar-refractivity contribution < 1.29 is 5.11 Å². The Hall–Kier alpha value is -0.480. The zero-order chi connectivity index (χ0) is 12.8. The van der Waals surface area contributed by atoms with Gasteiger partial charge < -0.3 is 5.11 Å². The summed E-state index contributed by atoms with van der Waals surface area (Å²) in [6, 6.07) is 1.95. The highest BCUT2D eigenvalue weighted by molar-refractivity contribution is 7.99. The van der Waals surface area contributed by atoms with Crippen LogP contribution in [0.5, 0.6) is 0 Å². The minimum absolute atomic E-state index is 0.369. The molecule has 0 radical (unpaired) electrons. The van der Waals surface area contributed by atoms with Crippen molar-refractivity contribution in [3.63, 3.8) is 0 Å². The molecule has 2 rings (SSSR count). The van der Waals surface area contributed by atoms with Crippen LogP contribution in [-0.2, 0) is 6.54 Å². The molecular formula is C14H24N2OS. The van der Waals surface area contributed by atoms with Gasteiger partial charge in [-0.3, -0.25) is 4.68 Å². The quantitative estimate of drug-likeness (QED) is 0.859. The molecule has 1 fully saturated rings. The maximum atomic E-state index is 10.3. The first-order chi connectivity index (χ1) is 8.81. The summed E-state index contributed by atoms with van der Waals surface area (Å²) in [5, 5.41) is 15.3. The molecule has 1 aromatic rings. The molecule has 1 atom stereocenters. The first kappa shape index (κ1) is 13.9. The van der Waals surface area contributed by atoms with Crippen LogP contribution >= 0.6 is 11.8 Å². The van der Waals surface area contributed by atoms with Crippen molar-refractivity contribution in [1.29, 1.82) is 0 Å². The molecular weight excluding hydrogens is 244 g/mol. The summed E-state index contributed by atoms with van der Waals surface area (Å²) in [7, 11) is 0. The summed E-state index contributed by atoms with van der Waals surface area (Å²) in [5.41, 5.74) is 0.972. The number of hydrogen-bond donors (Lipinski definition) is 1. The number of rotatable bonds is 6. The van der Waals surface area contributed by atoms with Crippen LogP contribution in [0.15, 0.2) is 12.3 Å². The average molecular weight is 268 g/mol. The SMILES string of the molecule is CCCn1nccc1C(O)CSC1CCCCC1. The molecule has 0 bridgehead atoms. The number of aryl methyl sites for hydroxylation is 1. The van der Waals surface area contributed by atoms with Crippen LogP contribution in [0.3, 0.4) is 0 Å². The molecule has 3 nitrogen and oxygen atoms in total. The number of aromatic nitrogens is 2. The lowest BCUT2D eigenvalue weighted by molar-refractivity contribution is 0.191. The third-order valence-corrected chi connectivity index (χ3v) is 5.02. The van der Waals surface area contributed by atoms with Gasteiger partial charge in [-0.25, -0.2) is 0 Å². The fourth-order valence-electron chi connectivity index (χ4n) is 2.57. The zero-order valence-corrected chi connectivity index (χ0v) is 12.0. The number of aliphatic hydroxyl groups is 1. The molecule has 4 heteroatoms. The molecule has 0 spiro atoms. The zero-order valence-electron chi connectivity index (χ0n) is 11.2. The Morgan fingerprint density at radius 2 is 2.22 bits per heavy atom. The van der Waals surface area contributed by atoms with Gasteiger partial charge in [-0.2, -0.15) is 16.9 Å². The van der Waals surface area contributed by atoms with E-state index in [0.29, 0.717) is 0 Å². The van der Waals surface area contributed by atoms with Crippen LogP contribution in [0.2, 0.25) is 0 Å². The van der Waals surface area contributed by atoms with Crippen molar-refractivity contribution in [3.8, 4) is 0 Å². The minimum Gasteiger partial charge on any atom is -0.386 e. The molecule has 1 saturated carbocycles. The Balaban J connectivity index is 1.82. The van der Waals surface area contributed by atoms with Crippen molar-refractivity contribution in [2.24, 2.45) is 0 Å². The second-order valence-electron chi connectivity index (χ2n) is 5.09. The standard InChI is InChI=1S/C14H24N2OS/c1-2-10-16-13(8-9-15-16)14(17)11-18-12-6-4-3-5-7-12/h8-9,12,14,17H,2-7,10-11H2,1H3. The van der Waals surface area contributed by atoms with Crippen LogP contribution in [0.25, 0.3) is 0 Å². The molecule has 1 N–H and O–H groups in total. The largest absolute Gasteiger partial charge is 0.386 e. The summed E-state index contributed by atoms with van der Waals surface area (Å²) >= 11 is 1.94. The van der Waals surface area contributed by atoms with Gasteiger partial charge in [-0.15, -0.1) is 0 Å². The van der Waals surface area contributed by atoms with E-state index in [4.69, 9.17) is 0 Å². The van der Waals surface area contributed by atoms with Crippen LogP contribution in [0.4, 0.5) is 0 Å². The van der Waals surface area contributed by atoms with Gasteiger partial charge in [-0.1, -0.05) is 26.2 Å². The van der Waals surface area contributed by atoms with Crippen molar-refractivity contribution in [2.45, 2.75) is 63.3 Å². The van der Waals surface area contributed by atoms with Crippen molar-refractivity contribution in [1.82, 2.24) is 9.78 Å². The van der Waals surface area contributed by atoms with Crippen molar-refractivity contribution in [3.05, 3.63) is 18.0 Å². The summed E-state index contributed by atoms with van der Waals surface area (Å²) in [4.78, 5) is 0. The smallest absolute Gasteiger partial charge is 0.105 e. The second-order valence-corrected chi connectivity index (χ2v) is 6.42. The summed E-state index contributed by atoms with van der Waals surface area (Å²) < 4.78 is 1.94. The lowest BCUT2D eigenvalue weighted by Gasteiger charge is -2.22. The first-order valence-corrected chi connectivity index (χ1v) is 8.17. The number of thioether (sulfide) groups is 1. The predicted molar refractivity (Wildman–Crippen MR) is 76.8 cm³/mol. The Morgan fingerprint density at radius 1 is 1.44 bits per heavy atom. The molecule has 18 heavy (non-hydrogen) atoms. The number of nitrogens with zero attached hydrogens (tertiary/aromatic N) is 2. The van der Waals surface area contributed by atoms with Gasteiger partial charge in [0.2, 0.25) is 0 Å². The average Bonchev–Trinajstić information content (AvgIpc) is 2.86. The van der Waals surface area contributed by atoms with Crippen molar-refractivity contribution >= 4 is 11.8 Å². The van der Waals surface area contributed by atoms with E-state index in [-0.39, 0.29) is 6.10 Å². The highest BCUT2D eigenvalue weighted by Crippen LogP contribution is 2.30. The molecule has 1 aliphatic rings. The fourth-order valence-corrected chi connectivity index (χ4v) is 3.86. The van der Waals surface area contributed by atoms with Gasteiger partial charge in [0.15, 0.2) is 0 Å². The highest BCUT2D eigenvalue weighted by Gasteiger charge is 2.18. The molecule has 1 unspecified atom stereocenters. The van der Waals surface area contributed by atoms with Crippen LogP contribution in [-0.4, -0.2) is 25.9 Å². The van der Waals surface area contributed by atoms with Crippen LogP contribution < -0.4 is 0 Å². The third-order valence-electron chi connectivity index (χ3n) is 3.57. The topological polar surface area (TPSA) is 38.0 Å². The van der Waals surface area contributed by atoms with E-state index in [1.807, 2.05) is 22.5 Å². The molecule has 102 valence electrons. The molecule has 0 saturated heterocycles. The molecule has 1 heterocycles. The minimum atomic E-state index is -0.369. The van der Waals surface area contributed by atoms with Gasteiger partial charge in [0.25, 0.3) is 0 Å². The fraction of sp³-hybridized carbons (Fsp3) is 0.786. The number of aliphatic hydroxyl groups excluding tert-OH is 1. The maximum absolute atomic E-state index is 10.3. The normalized spacial score (nSPS) is 19.0. The summed E-state index contributed by atoms with van der Waals surface area (Å²) in [6.45, 7) is 3.03. The van der Waals surface area contributed by atoms with Gasteiger partial charge in [0.05, 0.1) is 5.69 Å². The Bertz CT molecular complexity index is 347. The number of hydrogen-bond acceptors (Lipinski definition) is 3. The maximum Gasteiger partial charge on any atom is 0.105 e. The first-order valence-electron chi connectivity index (χ1n) is 7.12. The van der Waals surface area contributed by atoms with E-state index in [1.165, 1.54) is 32.1 Å². The predicted octanol–water partition coefficient (Wildman–Crippen LogP) is 3.39. The highest BCUT2D eigenvalue weighted by atomic mass is 32.2.